The Morgan fingerprint density at radius 1 is 1.50 bits per heavy atom. The van der Waals surface area contributed by atoms with E-state index in [1.54, 1.807) is 0 Å². The highest BCUT2D eigenvalue weighted by atomic mass is 19.4. The van der Waals surface area contributed by atoms with E-state index in [-0.39, 0.29) is 0 Å². The second-order valence-electron chi connectivity index (χ2n) is 1.25. The molecular formula is C4H4F3O. The second kappa shape index (κ2) is 2.17. The van der Waals surface area contributed by atoms with Crippen molar-refractivity contribution in [2.45, 2.75) is 6.18 Å². The highest BCUT2D eigenvalue weighted by molar-refractivity contribution is 5.01. The third-order valence-corrected chi connectivity index (χ3v) is 0.575. The Morgan fingerprint density at radius 3 is 1.88 bits per heavy atom. The van der Waals surface area contributed by atoms with Crippen LogP contribution in [0.3, 0.4) is 0 Å². The number of alkyl halides is 3. The van der Waals surface area contributed by atoms with Crippen LogP contribution < -0.4 is 0 Å². The summed E-state index contributed by atoms with van der Waals surface area (Å²) in [5.74, 6) is 0. The van der Waals surface area contributed by atoms with Crippen LogP contribution in [0.5, 0.6) is 0 Å². The maximum Gasteiger partial charge on any atom is 0.414 e. The van der Waals surface area contributed by atoms with Crippen molar-refractivity contribution in [3.8, 4) is 0 Å². The molecule has 0 aromatic carbocycles. The summed E-state index contributed by atoms with van der Waals surface area (Å²) < 4.78 is 33.4. The maximum absolute atomic E-state index is 11.1. The molecule has 1 radical (unpaired) electrons. The molecule has 0 aliphatic rings. The summed E-state index contributed by atoms with van der Waals surface area (Å²) in [6, 6.07) is 0. The molecule has 1 nitrogen and oxygen atoms in total. The molecule has 0 aromatic heterocycles. The predicted molar refractivity (Wildman–Crippen MR) is 20.7 cm³/mol. The van der Waals surface area contributed by atoms with Gasteiger partial charge in [-0.15, -0.1) is 0 Å². The molecule has 0 aromatic rings. The average Bonchev–Trinajstić information content (AvgIpc) is 1.62. The van der Waals surface area contributed by atoms with Gasteiger partial charge in [0.05, 0.1) is 5.57 Å². The molecule has 0 aliphatic heterocycles. The van der Waals surface area contributed by atoms with Crippen LogP contribution in [-0.2, 0) is 5.11 Å². The van der Waals surface area contributed by atoms with Gasteiger partial charge in [0.2, 0.25) is 0 Å². The van der Waals surface area contributed by atoms with E-state index < -0.39 is 18.4 Å². The SMILES string of the molecule is C=C(C[O])C(F)(F)F. The summed E-state index contributed by atoms with van der Waals surface area (Å²) in [6.07, 6.45) is -4.50. The van der Waals surface area contributed by atoms with Crippen molar-refractivity contribution >= 4 is 0 Å². The molecule has 8 heavy (non-hydrogen) atoms. The lowest BCUT2D eigenvalue weighted by molar-refractivity contribution is -0.0995. The van der Waals surface area contributed by atoms with Crippen molar-refractivity contribution in [3.63, 3.8) is 0 Å². The predicted octanol–water partition coefficient (Wildman–Crippen LogP) is 1.54. The fourth-order valence-electron chi connectivity index (χ4n) is 0.0818. The summed E-state index contributed by atoms with van der Waals surface area (Å²) >= 11 is 0. The van der Waals surface area contributed by atoms with E-state index >= 15 is 0 Å². The van der Waals surface area contributed by atoms with E-state index in [9.17, 15) is 18.3 Å². The van der Waals surface area contributed by atoms with Crippen molar-refractivity contribution in [2.24, 2.45) is 0 Å². The van der Waals surface area contributed by atoms with Gasteiger partial charge in [0, 0.05) is 0 Å². The van der Waals surface area contributed by atoms with Gasteiger partial charge in [-0.2, -0.15) is 13.2 Å². The number of hydrogen-bond acceptors (Lipinski definition) is 0. The highest BCUT2D eigenvalue weighted by Gasteiger charge is 2.31. The lowest BCUT2D eigenvalue weighted by atomic mass is 10.3. The van der Waals surface area contributed by atoms with Crippen LogP contribution in [0.2, 0.25) is 0 Å². The van der Waals surface area contributed by atoms with Crippen LogP contribution in [0.1, 0.15) is 0 Å². The Balaban J connectivity index is 3.82. The molecule has 0 amide bonds. The van der Waals surface area contributed by atoms with E-state index in [1.165, 1.54) is 0 Å². The molecule has 0 unspecified atom stereocenters. The number of hydrogen-bond donors (Lipinski definition) is 0. The Labute approximate surface area is 44.4 Å². The first kappa shape index (κ1) is 7.49. The summed E-state index contributed by atoms with van der Waals surface area (Å²) in [5, 5.41) is 9.46. The minimum Gasteiger partial charge on any atom is -0.232 e. The van der Waals surface area contributed by atoms with Gasteiger partial charge < -0.3 is 0 Å². The van der Waals surface area contributed by atoms with Crippen LogP contribution in [0.15, 0.2) is 12.2 Å². The van der Waals surface area contributed by atoms with Crippen LogP contribution >= 0.6 is 0 Å². The van der Waals surface area contributed by atoms with Gasteiger partial charge in [-0.3, -0.25) is 0 Å². The smallest absolute Gasteiger partial charge is 0.232 e. The molecule has 0 aliphatic carbocycles. The minimum absolute atomic E-state index is 1.22. The largest absolute Gasteiger partial charge is 0.414 e. The van der Waals surface area contributed by atoms with E-state index in [0.717, 1.165) is 0 Å². The fourth-order valence-corrected chi connectivity index (χ4v) is 0.0818. The average molecular weight is 125 g/mol. The molecule has 0 N–H and O–H groups in total. The standard InChI is InChI=1S/C4H4F3O/c1-3(2-8)4(5,6)7/h1-2H2. The molecule has 0 saturated heterocycles. The minimum atomic E-state index is -4.50. The quantitative estimate of drug-likeness (QED) is 0.473. The van der Waals surface area contributed by atoms with Crippen molar-refractivity contribution < 1.29 is 18.3 Å². The summed E-state index contributed by atoms with van der Waals surface area (Å²) in [4.78, 5) is 0. The third-order valence-electron chi connectivity index (χ3n) is 0.575. The molecular weight excluding hydrogens is 121 g/mol. The molecule has 47 valence electrons. The van der Waals surface area contributed by atoms with Crippen LogP contribution in [0.25, 0.3) is 0 Å². The maximum atomic E-state index is 11.1. The van der Waals surface area contributed by atoms with E-state index in [0.29, 0.717) is 0 Å². The molecule has 0 fully saturated rings. The normalized spacial score (nSPS) is 11.5. The van der Waals surface area contributed by atoms with Gasteiger partial charge in [0.15, 0.2) is 0 Å². The first-order chi connectivity index (χ1) is 3.48. The monoisotopic (exact) mass is 125 g/mol. The zero-order valence-electron chi connectivity index (χ0n) is 3.96. The van der Waals surface area contributed by atoms with Crippen LogP contribution in [-0.4, -0.2) is 12.8 Å². The first-order valence-electron chi connectivity index (χ1n) is 1.81. The van der Waals surface area contributed by atoms with Crippen molar-refractivity contribution in [1.29, 1.82) is 0 Å². The highest BCUT2D eigenvalue weighted by Crippen LogP contribution is 2.22. The van der Waals surface area contributed by atoms with Gasteiger partial charge >= 0.3 is 6.18 Å². The van der Waals surface area contributed by atoms with Crippen molar-refractivity contribution in [2.75, 3.05) is 6.61 Å². The van der Waals surface area contributed by atoms with Crippen LogP contribution in [0.4, 0.5) is 13.2 Å². The van der Waals surface area contributed by atoms with Crippen molar-refractivity contribution in [1.82, 2.24) is 0 Å². The zero-order chi connectivity index (χ0) is 6.78. The Bertz CT molecular complexity index is 93.9. The molecule has 0 heterocycles. The Kier molecular flexibility index (Phi) is 2.03. The lowest BCUT2D eigenvalue weighted by Gasteiger charge is -2.03. The Hall–Kier alpha value is -0.510. The third kappa shape index (κ3) is 1.97. The lowest BCUT2D eigenvalue weighted by Crippen LogP contribution is -2.12. The molecule has 0 saturated carbocycles. The van der Waals surface area contributed by atoms with Gasteiger partial charge in [0.1, 0.15) is 6.61 Å². The van der Waals surface area contributed by atoms with E-state index in [4.69, 9.17) is 0 Å². The molecule has 4 heteroatoms. The molecule has 0 rings (SSSR count). The van der Waals surface area contributed by atoms with Gasteiger partial charge in [-0.1, -0.05) is 6.58 Å². The zero-order valence-corrected chi connectivity index (χ0v) is 3.96. The Morgan fingerprint density at radius 2 is 1.88 bits per heavy atom. The number of halogens is 3. The molecule has 0 bridgehead atoms. The molecule has 0 spiro atoms. The van der Waals surface area contributed by atoms with E-state index in [2.05, 4.69) is 6.58 Å². The van der Waals surface area contributed by atoms with E-state index in [1.807, 2.05) is 0 Å². The summed E-state index contributed by atoms with van der Waals surface area (Å²) in [5.41, 5.74) is -1.22. The second-order valence-corrected chi connectivity index (χ2v) is 1.25. The topological polar surface area (TPSA) is 19.9 Å². The van der Waals surface area contributed by atoms with Gasteiger partial charge in [-0.05, 0) is 0 Å². The summed E-state index contributed by atoms with van der Waals surface area (Å²) in [7, 11) is 0. The van der Waals surface area contributed by atoms with Crippen molar-refractivity contribution in [3.05, 3.63) is 12.2 Å². The molecule has 0 atom stereocenters. The first-order valence-corrected chi connectivity index (χ1v) is 1.81. The summed E-state index contributed by atoms with van der Waals surface area (Å²) in [6.45, 7) is 1.23. The fraction of sp³-hybridized carbons (Fsp3) is 0.500. The van der Waals surface area contributed by atoms with Gasteiger partial charge in [0.25, 0.3) is 0 Å². The van der Waals surface area contributed by atoms with Crippen LogP contribution in [0, 0.1) is 0 Å². The number of rotatable bonds is 1. The van der Waals surface area contributed by atoms with Gasteiger partial charge in [-0.25, -0.2) is 5.11 Å².